The van der Waals surface area contributed by atoms with Crippen LogP contribution in [0, 0.1) is 36.5 Å². The number of pyridine rings is 1. The van der Waals surface area contributed by atoms with Crippen LogP contribution in [-0.2, 0) is 47.2 Å². The van der Waals surface area contributed by atoms with Gasteiger partial charge >= 0.3 is 41.9 Å². The number of hydrogen-bond donors (Lipinski definition) is 2. The summed E-state index contributed by atoms with van der Waals surface area (Å²) in [5.74, 6) is -2.06. The number of fused-ring (bicyclic) bond motifs is 1. The van der Waals surface area contributed by atoms with Crippen molar-refractivity contribution in [2.75, 3.05) is 17.2 Å². The molecule has 1 amide bonds. The predicted octanol–water partition coefficient (Wildman–Crippen LogP) is 5.84. The van der Waals surface area contributed by atoms with Crippen LogP contribution in [0.4, 0.5) is 49.7 Å². The number of anilines is 1. The summed E-state index contributed by atoms with van der Waals surface area (Å²) in [7, 11) is -1.49. The molecule has 0 saturated carbocycles. The Bertz CT molecular complexity index is 2470. The largest absolute Gasteiger partial charge is 1.00 e. The Balaban J connectivity index is 0.00000794. The first-order valence-corrected chi connectivity index (χ1v) is 19.9. The first-order chi connectivity index (χ1) is 27.3. The zero-order valence-electron chi connectivity index (χ0n) is 32.0. The van der Waals surface area contributed by atoms with Crippen molar-refractivity contribution in [3.8, 4) is 23.0 Å². The molecule has 5 aromatic rings. The van der Waals surface area contributed by atoms with Crippen molar-refractivity contribution in [2.45, 2.75) is 62.4 Å². The second-order valence-corrected chi connectivity index (χ2v) is 16.3. The molecule has 23 heteroatoms. The Morgan fingerprint density at radius 2 is 1.63 bits per heavy atom. The third-order valence-electron chi connectivity index (χ3n) is 8.45. The van der Waals surface area contributed by atoms with Gasteiger partial charge in [0.25, 0.3) is 0 Å². The second kappa shape index (κ2) is 18.7. The van der Waals surface area contributed by atoms with E-state index in [9.17, 15) is 52.9 Å². The van der Waals surface area contributed by atoms with Gasteiger partial charge in [-0.15, -0.1) is 5.69 Å². The molecule has 3 aromatic heterocycles. The van der Waals surface area contributed by atoms with Crippen LogP contribution in [-0.4, -0.2) is 58.1 Å². The Morgan fingerprint density at radius 1 is 1.00 bits per heavy atom. The maximum absolute atomic E-state index is 14.5. The van der Waals surface area contributed by atoms with E-state index < -0.39 is 88.3 Å². The van der Waals surface area contributed by atoms with Gasteiger partial charge in [-0.25, -0.2) is 27.6 Å². The van der Waals surface area contributed by atoms with Crippen molar-refractivity contribution in [3.05, 3.63) is 100 Å². The van der Waals surface area contributed by atoms with E-state index in [0.29, 0.717) is 10.7 Å². The number of nitrogens with zero attached hydrogens (tertiary/aromatic N) is 5. The molecule has 316 valence electrons. The molecule has 0 aliphatic rings. The summed E-state index contributed by atoms with van der Waals surface area (Å²) < 4.78 is 155. The van der Waals surface area contributed by atoms with Crippen molar-refractivity contribution in [1.29, 1.82) is 0 Å². The minimum Gasteiger partial charge on any atom is -0.413 e. The van der Waals surface area contributed by atoms with Gasteiger partial charge in [-0.2, -0.15) is 31.4 Å². The van der Waals surface area contributed by atoms with E-state index >= 15 is 0 Å². The molecule has 0 radical (unpaired) electrons. The average molecular weight is 917 g/mol. The fourth-order valence-corrected chi connectivity index (χ4v) is 6.50. The number of nitrogens with one attached hydrogen (secondary N) is 2. The fraction of sp³-hybridized carbons (Fsp3) is 0.324. The number of halogens is 11. The van der Waals surface area contributed by atoms with Crippen molar-refractivity contribution in [3.63, 3.8) is 0 Å². The van der Waals surface area contributed by atoms with E-state index in [0.717, 1.165) is 24.1 Å². The van der Waals surface area contributed by atoms with E-state index in [1.807, 2.05) is 0 Å². The SMILES string of the molecule is [CH2-]C(F)(F)c1[c-]c(C(F)(F)F)nn1CC(=O)NC(Cc1cc(F)cc(F)c1)c1nc(C#CC(C)(C)S(C)=O)ccc1-c1ccc(Cl)c2c(NSC)nn(CC(F)(F)F)c12.[Na+]. The van der Waals surface area contributed by atoms with E-state index in [4.69, 9.17) is 11.6 Å². The smallest absolute Gasteiger partial charge is 0.413 e. The van der Waals surface area contributed by atoms with Gasteiger partial charge in [0.15, 0.2) is 5.82 Å². The van der Waals surface area contributed by atoms with Crippen molar-refractivity contribution < 1.29 is 82.5 Å². The molecule has 0 saturated heterocycles. The molecule has 2 N–H and O–H groups in total. The maximum atomic E-state index is 14.5. The zero-order chi connectivity index (χ0) is 43.8. The number of rotatable bonds is 12. The molecule has 3 heterocycles. The van der Waals surface area contributed by atoms with E-state index in [-0.39, 0.29) is 84.1 Å². The van der Waals surface area contributed by atoms with Crippen molar-refractivity contribution in [2.24, 2.45) is 0 Å². The number of amides is 1. The maximum Gasteiger partial charge on any atom is 1.00 e. The monoisotopic (exact) mass is 916 g/mol. The fourth-order valence-electron chi connectivity index (χ4n) is 5.73. The van der Waals surface area contributed by atoms with E-state index in [1.165, 1.54) is 36.6 Å². The quantitative estimate of drug-likeness (QED) is 0.0534. The van der Waals surface area contributed by atoms with E-state index in [2.05, 4.69) is 44.0 Å². The first kappa shape index (κ1) is 48.9. The third kappa shape index (κ3) is 11.8. The Morgan fingerprint density at radius 3 is 2.20 bits per heavy atom. The van der Waals surface area contributed by atoms with Crippen LogP contribution in [0.25, 0.3) is 22.0 Å². The van der Waals surface area contributed by atoms with Crippen molar-refractivity contribution in [1.82, 2.24) is 29.9 Å². The van der Waals surface area contributed by atoms with Gasteiger partial charge in [0.05, 0.1) is 27.7 Å². The molecule has 5 rings (SSSR count). The zero-order valence-corrected chi connectivity index (χ0v) is 36.4. The first-order valence-electron chi connectivity index (χ1n) is 16.8. The molecular formula is C37H30ClF10N7NaO2S2-. The number of carbonyl (C=O) groups excluding carboxylic acids is 1. The molecule has 0 aliphatic heterocycles. The minimum absolute atomic E-state index is 0. The van der Waals surface area contributed by atoms with Crippen LogP contribution in [0.1, 0.15) is 48.2 Å². The standard InChI is InChI=1S/C37H30ClF10N7O2S2.Na/c1-34(2,59(5)57)11-10-22-6-7-23(24-8-9-25(38)30-32(24)55(18-36(43,44)45)52-33(30)53-58-4)31(49-22)26(14-19-12-20(39)15-21(40)13-19)50-29(56)17-54-28(35(3,41)42)16-27(51-54)37(46,47)48;/h6-9,12-13,15,26H,3,14,17-18H2,1-2,4-5H3,(H,50,56)(H,52,53);/q-2;+1. The van der Waals surface area contributed by atoms with Gasteiger partial charge in [-0.05, 0) is 67.8 Å². The van der Waals surface area contributed by atoms with E-state index in [1.54, 1.807) is 20.1 Å². The van der Waals surface area contributed by atoms with Crippen LogP contribution in [0.15, 0.2) is 42.5 Å². The molecular weight excluding hydrogens is 887 g/mol. The summed E-state index contributed by atoms with van der Waals surface area (Å²) in [6.45, 7) is 2.77. The van der Waals surface area contributed by atoms with Crippen LogP contribution in [0.5, 0.6) is 0 Å². The van der Waals surface area contributed by atoms with Gasteiger partial charge in [0, 0.05) is 40.5 Å². The molecule has 0 aliphatic carbocycles. The molecule has 0 bridgehead atoms. The Labute approximate surface area is 370 Å². The van der Waals surface area contributed by atoms with Crippen LogP contribution in [0.2, 0.25) is 5.02 Å². The number of aromatic nitrogens is 5. The topological polar surface area (TPSA) is 107 Å². The number of carbonyl (C=O) groups is 1. The number of benzene rings is 2. The van der Waals surface area contributed by atoms with Gasteiger partial charge in [-0.3, -0.25) is 25.3 Å². The molecule has 0 spiro atoms. The molecule has 60 heavy (non-hydrogen) atoms. The number of hydrogen-bond acceptors (Lipinski definition) is 7. The van der Waals surface area contributed by atoms with Crippen LogP contribution >= 0.6 is 23.5 Å². The third-order valence-corrected chi connectivity index (χ3v) is 10.7. The Kier molecular flexibility index (Phi) is 15.2. The average Bonchev–Trinajstić information content (AvgIpc) is 3.69. The summed E-state index contributed by atoms with van der Waals surface area (Å²) >= 11 is 7.53. The van der Waals surface area contributed by atoms with Gasteiger partial charge in [0.1, 0.15) is 41.1 Å². The summed E-state index contributed by atoms with van der Waals surface area (Å²) in [4.78, 5) is 18.3. The molecule has 2 aromatic carbocycles. The van der Waals surface area contributed by atoms with Crippen LogP contribution < -0.4 is 39.6 Å². The molecule has 2 unspecified atom stereocenters. The summed E-state index contributed by atoms with van der Waals surface area (Å²) in [6.07, 6.45) is -7.62. The minimum atomic E-state index is -5.25. The molecule has 2 atom stereocenters. The normalized spacial score (nSPS) is 13.3. The second-order valence-electron chi connectivity index (χ2n) is 13.4. The van der Waals surface area contributed by atoms with Gasteiger partial charge in [-0.1, -0.05) is 35.5 Å². The summed E-state index contributed by atoms with van der Waals surface area (Å²) in [6, 6.07) is 7.59. The van der Waals surface area contributed by atoms with Crippen LogP contribution in [0.3, 0.4) is 0 Å². The number of alkyl halides is 8. The summed E-state index contributed by atoms with van der Waals surface area (Å²) in [5.41, 5.74) is -3.97. The van der Waals surface area contributed by atoms with Gasteiger partial charge in [0.2, 0.25) is 5.91 Å². The van der Waals surface area contributed by atoms with Crippen molar-refractivity contribution >= 4 is 57.0 Å². The predicted molar refractivity (Wildman–Crippen MR) is 202 cm³/mol. The summed E-state index contributed by atoms with van der Waals surface area (Å²) in [5, 5.41) is 9.66. The molecule has 0 fully saturated rings. The van der Waals surface area contributed by atoms with Gasteiger partial charge < -0.3 is 16.1 Å². The Hall–Kier alpha value is -3.81. The molecule has 9 nitrogen and oxygen atoms in total.